The fraction of sp³-hybridized carbons (Fsp3) is 0.105. The molecule has 24 heavy (non-hydrogen) atoms. The third kappa shape index (κ3) is 3.25. The first-order valence-electron chi connectivity index (χ1n) is 7.48. The molecule has 0 aliphatic rings. The second-order valence-electron chi connectivity index (χ2n) is 5.52. The minimum absolute atomic E-state index is 0.198. The predicted molar refractivity (Wildman–Crippen MR) is 89.2 cm³/mol. The number of hydrogen-bond acceptors (Lipinski definition) is 5. The van der Waals surface area contributed by atoms with E-state index in [0.717, 1.165) is 11.1 Å². The van der Waals surface area contributed by atoms with Gasteiger partial charge in [0.2, 0.25) is 11.5 Å². The number of ketones is 1. The maximum atomic E-state index is 12.5. The molecule has 0 aliphatic heterocycles. The molecule has 1 heterocycles. The highest BCUT2D eigenvalue weighted by molar-refractivity contribution is 6.09. The van der Waals surface area contributed by atoms with Crippen LogP contribution in [0.2, 0.25) is 0 Å². The Balaban J connectivity index is 1.99. The topological polar surface area (TPSA) is 83.3 Å². The van der Waals surface area contributed by atoms with Gasteiger partial charge >= 0.3 is 0 Å². The lowest BCUT2D eigenvalue weighted by Crippen LogP contribution is -2.08. The summed E-state index contributed by atoms with van der Waals surface area (Å²) in [5, 5.41) is 19.8. The summed E-state index contributed by atoms with van der Waals surface area (Å²) in [6, 6.07) is 16.3. The summed E-state index contributed by atoms with van der Waals surface area (Å²) in [4.78, 5) is 20.6. The van der Waals surface area contributed by atoms with Crippen molar-refractivity contribution in [3.05, 3.63) is 82.8 Å². The van der Waals surface area contributed by atoms with Gasteiger partial charge in [0, 0.05) is 12.0 Å². The van der Waals surface area contributed by atoms with Crippen molar-refractivity contribution in [2.24, 2.45) is 0 Å². The van der Waals surface area contributed by atoms with Crippen molar-refractivity contribution in [2.45, 2.75) is 13.3 Å². The standard InChI is InChI=1S/C19H16N2O3/c1-12-6-5-7-13(10-12)11-15-20-16(18(23)19(24)21-15)17(22)14-8-3-2-4-9-14/h2-10,23H,11H2,1H3,(H,20,21,24). The number of hydrogen-bond donors (Lipinski definition) is 2. The molecule has 0 aliphatic carbocycles. The zero-order chi connectivity index (χ0) is 17.1. The van der Waals surface area contributed by atoms with E-state index >= 15 is 0 Å². The number of aryl methyl sites for hydroxylation is 1. The molecule has 0 unspecified atom stereocenters. The Morgan fingerprint density at radius 1 is 1.00 bits per heavy atom. The van der Waals surface area contributed by atoms with Gasteiger partial charge in [0.05, 0.1) is 0 Å². The van der Waals surface area contributed by atoms with Crippen molar-refractivity contribution in [1.29, 1.82) is 0 Å². The van der Waals surface area contributed by atoms with Crippen LogP contribution in [-0.4, -0.2) is 26.0 Å². The summed E-state index contributed by atoms with van der Waals surface area (Å²) in [7, 11) is 0. The van der Waals surface area contributed by atoms with Crippen molar-refractivity contribution in [1.82, 2.24) is 9.97 Å². The molecule has 5 nitrogen and oxygen atoms in total. The molecule has 0 radical (unpaired) electrons. The minimum atomic E-state index is -0.600. The molecule has 0 spiro atoms. The number of rotatable bonds is 4. The molecule has 1 aromatic heterocycles. The van der Waals surface area contributed by atoms with Gasteiger partial charge in [0.15, 0.2) is 5.69 Å². The molecule has 2 aromatic carbocycles. The Morgan fingerprint density at radius 2 is 1.75 bits per heavy atom. The number of nitrogens with zero attached hydrogens (tertiary/aromatic N) is 2. The van der Waals surface area contributed by atoms with E-state index in [1.165, 1.54) is 0 Å². The van der Waals surface area contributed by atoms with E-state index in [9.17, 15) is 15.0 Å². The zero-order valence-corrected chi connectivity index (χ0v) is 13.1. The van der Waals surface area contributed by atoms with Gasteiger partial charge in [0.1, 0.15) is 5.82 Å². The molecule has 0 saturated heterocycles. The highest BCUT2D eigenvalue weighted by atomic mass is 16.3. The Bertz CT molecular complexity index is 892. The molecule has 3 aromatic rings. The lowest BCUT2D eigenvalue weighted by atomic mass is 10.1. The van der Waals surface area contributed by atoms with Gasteiger partial charge in [-0.2, -0.15) is 4.98 Å². The first-order chi connectivity index (χ1) is 11.5. The molecule has 0 amide bonds. The lowest BCUT2D eigenvalue weighted by molar-refractivity contribution is 0.103. The Morgan fingerprint density at radius 3 is 2.46 bits per heavy atom. The van der Waals surface area contributed by atoms with Crippen LogP contribution in [0.5, 0.6) is 11.6 Å². The average molecular weight is 320 g/mol. The summed E-state index contributed by atoms with van der Waals surface area (Å²) in [6.45, 7) is 1.98. The van der Waals surface area contributed by atoms with E-state index in [-0.39, 0.29) is 11.5 Å². The fourth-order valence-corrected chi connectivity index (χ4v) is 2.46. The van der Waals surface area contributed by atoms with Crippen molar-refractivity contribution in [2.75, 3.05) is 0 Å². The zero-order valence-electron chi connectivity index (χ0n) is 13.1. The third-order valence-corrected chi connectivity index (χ3v) is 3.61. The van der Waals surface area contributed by atoms with Crippen molar-refractivity contribution in [3.63, 3.8) is 0 Å². The minimum Gasteiger partial charge on any atom is -0.502 e. The molecule has 0 saturated carbocycles. The van der Waals surface area contributed by atoms with E-state index < -0.39 is 17.4 Å². The maximum Gasteiger partial charge on any atom is 0.258 e. The van der Waals surface area contributed by atoms with Gasteiger partial charge in [0.25, 0.3) is 5.88 Å². The number of aromatic hydroxyl groups is 2. The molecular weight excluding hydrogens is 304 g/mol. The van der Waals surface area contributed by atoms with Crippen LogP contribution < -0.4 is 0 Å². The summed E-state index contributed by atoms with van der Waals surface area (Å²) in [5.74, 6) is -1.38. The van der Waals surface area contributed by atoms with Gasteiger partial charge in [-0.1, -0.05) is 60.2 Å². The monoisotopic (exact) mass is 320 g/mol. The van der Waals surface area contributed by atoms with E-state index in [0.29, 0.717) is 12.0 Å². The third-order valence-electron chi connectivity index (χ3n) is 3.61. The van der Waals surface area contributed by atoms with Crippen LogP contribution in [0, 0.1) is 6.92 Å². The quantitative estimate of drug-likeness (QED) is 0.722. The van der Waals surface area contributed by atoms with Gasteiger partial charge in [-0.25, -0.2) is 4.98 Å². The second-order valence-corrected chi connectivity index (χ2v) is 5.52. The molecule has 5 heteroatoms. The molecule has 0 fully saturated rings. The first-order valence-corrected chi connectivity index (χ1v) is 7.48. The first kappa shape index (κ1) is 15.7. The Labute approximate surface area is 139 Å². The Kier molecular flexibility index (Phi) is 4.24. The van der Waals surface area contributed by atoms with Crippen molar-refractivity contribution in [3.8, 4) is 11.6 Å². The van der Waals surface area contributed by atoms with Crippen LogP contribution in [0.25, 0.3) is 0 Å². The largest absolute Gasteiger partial charge is 0.502 e. The SMILES string of the molecule is Cc1cccc(Cc2nc(O)c(O)c(C(=O)c3ccccc3)n2)c1. The normalized spacial score (nSPS) is 10.5. The average Bonchev–Trinajstić information content (AvgIpc) is 2.58. The molecule has 3 rings (SSSR count). The van der Waals surface area contributed by atoms with E-state index in [1.54, 1.807) is 30.3 Å². The molecule has 0 bridgehead atoms. The number of carbonyl (C=O) groups excluding carboxylic acids is 1. The Hall–Kier alpha value is -3.21. The van der Waals surface area contributed by atoms with E-state index in [4.69, 9.17) is 0 Å². The smallest absolute Gasteiger partial charge is 0.258 e. The number of aromatic nitrogens is 2. The summed E-state index contributed by atoms with van der Waals surface area (Å²) in [6.07, 6.45) is 0.352. The molecule has 120 valence electrons. The number of carbonyl (C=O) groups is 1. The second kappa shape index (κ2) is 6.50. The van der Waals surface area contributed by atoms with Gasteiger partial charge in [-0.05, 0) is 12.5 Å². The van der Waals surface area contributed by atoms with E-state index in [2.05, 4.69) is 9.97 Å². The molecular formula is C19H16N2O3. The summed E-state index contributed by atoms with van der Waals surface area (Å²) < 4.78 is 0. The van der Waals surface area contributed by atoms with Crippen LogP contribution in [0.15, 0.2) is 54.6 Å². The van der Waals surface area contributed by atoms with Crippen molar-refractivity contribution < 1.29 is 15.0 Å². The fourth-order valence-electron chi connectivity index (χ4n) is 2.46. The van der Waals surface area contributed by atoms with E-state index in [1.807, 2.05) is 31.2 Å². The van der Waals surface area contributed by atoms with Crippen LogP contribution in [0.4, 0.5) is 0 Å². The van der Waals surface area contributed by atoms with Gasteiger partial charge in [-0.15, -0.1) is 0 Å². The molecule has 2 N–H and O–H groups in total. The van der Waals surface area contributed by atoms with Crippen LogP contribution in [-0.2, 0) is 6.42 Å². The predicted octanol–water partition coefficient (Wildman–Crippen LogP) is 3.02. The highest BCUT2D eigenvalue weighted by Crippen LogP contribution is 2.27. The lowest BCUT2D eigenvalue weighted by Gasteiger charge is -2.08. The summed E-state index contributed by atoms with van der Waals surface area (Å²) >= 11 is 0. The maximum absolute atomic E-state index is 12.5. The van der Waals surface area contributed by atoms with Crippen molar-refractivity contribution >= 4 is 5.78 Å². The summed E-state index contributed by atoms with van der Waals surface area (Å²) in [5.41, 5.74) is 2.23. The van der Waals surface area contributed by atoms with Gasteiger partial charge < -0.3 is 10.2 Å². The van der Waals surface area contributed by atoms with Crippen LogP contribution >= 0.6 is 0 Å². The van der Waals surface area contributed by atoms with Crippen LogP contribution in [0.1, 0.15) is 33.0 Å². The highest BCUT2D eigenvalue weighted by Gasteiger charge is 2.20. The molecule has 0 atom stereocenters. The van der Waals surface area contributed by atoms with Crippen LogP contribution in [0.3, 0.4) is 0 Å². The number of benzene rings is 2. The van der Waals surface area contributed by atoms with Gasteiger partial charge in [-0.3, -0.25) is 4.79 Å².